The van der Waals surface area contributed by atoms with Crippen molar-refractivity contribution in [3.05, 3.63) is 218 Å². The summed E-state index contributed by atoms with van der Waals surface area (Å²) >= 11 is 0. The van der Waals surface area contributed by atoms with Crippen molar-refractivity contribution in [2.24, 2.45) is 0 Å². The van der Waals surface area contributed by atoms with Gasteiger partial charge in [-0.3, -0.25) is 19.2 Å². The first-order valence-corrected chi connectivity index (χ1v) is 26.7. The molecule has 80 heavy (non-hydrogen) atoms. The largest absolute Gasteiger partial charge is 0.478 e. The fraction of sp³-hybridized carbons (Fsp3) is 0.138. The zero-order valence-electron chi connectivity index (χ0n) is 42.1. The minimum atomic E-state index is -5.31. The molecule has 0 aromatic heterocycles. The molecule has 0 saturated heterocycles. The number of carboxylic acid groups (broad SMARTS) is 4. The lowest BCUT2D eigenvalue weighted by atomic mass is 9.73. The number of hydrogen-bond donors (Lipinski definition) is 5. The lowest BCUT2D eigenvalue weighted by molar-refractivity contribution is -0.173. The fourth-order valence-corrected chi connectivity index (χ4v) is 11.6. The molecule has 410 valence electrons. The average Bonchev–Trinajstić information content (AvgIpc) is 3.42. The van der Waals surface area contributed by atoms with Gasteiger partial charge in [-0.25, -0.2) is 36.0 Å². The predicted molar refractivity (Wildman–Crippen MR) is 280 cm³/mol. The summed E-state index contributed by atoms with van der Waals surface area (Å²) in [5.74, 6) is -10.7. The number of Topliss-reactive ketones (excluding diaryl/α,β-unsaturated/α-hetero) is 3. The van der Waals surface area contributed by atoms with Crippen LogP contribution in [0.4, 0.5) is 18.9 Å². The molecule has 0 saturated carbocycles. The second kappa shape index (κ2) is 22.5. The van der Waals surface area contributed by atoms with Crippen molar-refractivity contribution in [2.45, 2.75) is 71.2 Å². The average molecular weight is 1130 g/mol. The molecule has 7 aromatic carbocycles. The van der Waals surface area contributed by atoms with E-state index in [2.05, 4.69) is 5.32 Å². The molecule has 5 N–H and O–H groups in total. The van der Waals surface area contributed by atoms with Gasteiger partial charge in [0.05, 0.1) is 47.4 Å². The smallest absolute Gasteiger partial charge is 0.402 e. The van der Waals surface area contributed by atoms with Crippen molar-refractivity contribution >= 4 is 72.5 Å². The van der Waals surface area contributed by atoms with E-state index < -0.39 is 157 Å². The quantitative estimate of drug-likeness (QED) is 0.0443. The number of ketones is 3. The molecule has 0 spiro atoms. The highest BCUT2D eigenvalue weighted by atomic mass is 32.2. The van der Waals surface area contributed by atoms with E-state index in [0.29, 0.717) is 30.7 Å². The number of amides is 1. The van der Waals surface area contributed by atoms with Crippen molar-refractivity contribution in [3.63, 3.8) is 0 Å². The van der Waals surface area contributed by atoms with E-state index in [9.17, 15) is 75.6 Å². The lowest BCUT2D eigenvalue weighted by Gasteiger charge is -2.34. The van der Waals surface area contributed by atoms with Crippen LogP contribution in [-0.4, -0.2) is 90.6 Å². The Morgan fingerprint density at radius 3 is 1.29 bits per heavy atom. The Kier molecular flexibility index (Phi) is 16.4. The number of anilines is 1. The number of nitrogens with one attached hydrogen (secondary N) is 1. The SMILES string of the molecule is CCC(=O)c1cc(C(=O)Cc2cccc(S(=O)(=O)c3cccc(NC(=O)c4cc(C(C)(c5ccc(C(=O)O)c(C(=O)Cc6cccc(S(=O)(=O)c7cccc(C)c7)c6)c5)C(F)(F)F)ccc4C(=O)O)c3)c2)c(C(=O)O)cc1C(=O)O. The standard InChI is InChI=1S/C58H44F3NO16S2/c1-4-49(63)44-29-45(48(56(73)74)30-47(44)55(71)72)51(65)25-33-11-7-15-39(23-33)80(77,78)40-16-8-12-36(28-40)62-52(66)46-27-35(18-20-42(46)54(69)70)57(3,58(59,60)61)34-17-19-41(53(67)68)43(26-34)50(64)24-32-10-6-14-38(22-32)79(75,76)37-13-5-9-31(2)21-37/h5-23,26-30H,4,24-25H2,1-3H3,(H,62,66)(H,67,68)(H,69,70)(H,71,72)(H,73,74). The number of aromatic carboxylic acids is 4. The maximum Gasteiger partial charge on any atom is 0.402 e. The summed E-state index contributed by atoms with van der Waals surface area (Å²) in [5, 5.41) is 42.0. The molecule has 0 aliphatic rings. The number of carbonyl (C=O) groups excluding carboxylic acids is 4. The van der Waals surface area contributed by atoms with Gasteiger partial charge in [0, 0.05) is 41.6 Å². The molecule has 0 aliphatic heterocycles. The van der Waals surface area contributed by atoms with Crippen molar-refractivity contribution in [1.82, 2.24) is 0 Å². The van der Waals surface area contributed by atoms with E-state index in [4.69, 9.17) is 0 Å². The monoisotopic (exact) mass is 1130 g/mol. The van der Waals surface area contributed by atoms with Gasteiger partial charge in [-0.15, -0.1) is 0 Å². The third-order valence-electron chi connectivity index (χ3n) is 13.2. The number of sulfone groups is 2. The van der Waals surface area contributed by atoms with Crippen molar-refractivity contribution in [1.29, 1.82) is 0 Å². The molecule has 0 heterocycles. The molecule has 1 amide bonds. The van der Waals surface area contributed by atoms with Crippen LogP contribution in [0.3, 0.4) is 0 Å². The normalized spacial score (nSPS) is 12.4. The Hall–Kier alpha value is -9.41. The second-order valence-electron chi connectivity index (χ2n) is 18.4. The first-order valence-electron chi connectivity index (χ1n) is 23.7. The van der Waals surface area contributed by atoms with E-state index in [1.165, 1.54) is 73.7 Å². The molecule has 7 aromatic rings. The van der Waals surface area contributed by atoms with Crippen LogP contribution in [0.5, 0.6) is 0 Å². The van der Waals surface area contributed by atoms with Gasteiger partial charge in [0.2, 0.25) is 19.7 Å². The lowest BCUT2D eigenvalue weighted by Crippen LogP contribution is -2.41. The predicted octanol–water partition coefficient (Wildman–Crippen LogP) is 10.0. The molecule has 0 fully saturated rings. The summed E-state index contributed by atoms with van der Waals surface area (Å²) in [6.07, 6.45) is -6.78. The number of rotatable bonds is 20. The molecule has 1 unspecified atom stereocenters. The number of alkyl halides is 3. The highest BCUT2D eigenvalue weighted by Crippen LogP contribution is 2.47. The summed E-state index contributed by atoms with van der Waals surface area (Å²) < 4.78 is 102. The minimum Gasteiger partial charge on any atom is -0.478 e. The van der Waals surface area contributed by atoms with Gasteiger partial charge in [-0.1, -0.05) is 61.5 Å². The van der Waals surface area contributed by atoms with E-state index in [1.54, 1.807) is 13.0 Å². The fourth-order valence-electron chi connectivity index (χ4n) is 8.80. The molecule has 0 aliphatic carbocycles. The minimum absolute atomic E-state index is 0.0325. The van der Waals surface area contributed by atoms with Crippen molar-refractivity contribution < 1.29 is 88.8 Å². The van der Waals surface area contributed by atoms with Gasteiger partial charge >= 0.3 is 30.1 Å². The van der Waals surface area contributed by atoms with E-state index in [0.717, 1.165) is 54.6 Å². The Bertz CT molecular complexity index is 4020. The third kappa shape index (κ3) is 11.7. The van der Waals surface area contributed by atoms with Crippen molar-refractivity contribution in [2.75, 3.05) is 5.32 Å². The number of benzene rings is 7. The summed E-state index contributed by atoms with van der Waals surface area (Å²) in [7, 11) is -8.68. The maximum absolute atomic E-state index is 15.7. The number of carbonyl (C=O) groups is 8. The molecule has 22 heteroatoms. The summed E-state index contributed by atoms with van der Waals surface area (Å²) in [5.41, 5.74) is -9.52. The zero-order chi connectivity index (χ0) is 58.8. The molecule has 1 atom stereocenters. The van der Waals surface area contributed by atoms with E-state index in [-0.39, 0.29) is 33.0 Å². The summed E-state index contributed by atoms with van der Waals surface area (Å²) in [6, 6.07) is 26.4. The van der Waals surface area contributed by atoms with Crippen molar-refractivity contribution in [3.8, 4) is 0 Å². The summed E-state index contributed by atoms with van der Waals surface area (Å²) in [4.78, 5) is 102. The first-order chi connectivity index (χ1) is 37.5. The molecular formula is C58H44F3NO16S2. The Labute approximate surface area is 453 Å². The number of carboxylic acids is 4. The van der Waals surface area contributed by atoms with Crippen LogP contribution in [0.1, 0.15) is 131 Å². The molecule has 0 radical (unpaired) electrons. The Balaban J connectivity index is 1.19. The molecular weight excluding hydrogens is 1090 g/mol. The highest BCUT2D eigenvalue weighted by Gasteiger charge is 2.54. The highest BCUT2D eigenvalue weighted by molar-refractivity contribution is 7.91. The number of halogens is 3. The van der Waals surface area contributed by atoms with Gasteiger partial charge in [-0.2, -0.15) is 13.2 Å². The van der Waals surface area contributed by atoms with Crippen LogP contribution >= 0.6 is 0 Å². The van der Waals surface area contributed by atoms with Gasteiger partial charge < -0.3 is 25.7 Å². The Morgan fingerprint density at radius 1 is 0.450 bits per heavy atom. The number of aryl methyl sites for hydroxylation is 1. The summed E-state index contributed by atoms with van der Waals surface area (Å²) in [6.45, 7) is 3.77. The maximum atomic E-state index is 15.7. The van der Waals surface area contributed by atoms with Gasteiger partial charge in [0.25, 0.3) is 5.91 Å². The topological polar surface area (TPSA) is 298 Å². The zero-order valence-corrected chi connectivity index (χ0v) is 43.7. The van der Waals surface area contributed by atoms with Crippen LogP contribution < -0.4 is 5.32 Å². The van der Waals surface area contributed by atoms with Gasteiger partial charge in [0.15, 0.2) is 17.3 Å². The third-order valence-corrected chi connectivity index (χ3v) is 16.7. The van der Waals surface area contributed by atoms with Crippen LogP contribution in [0.2, 0.25) is 0 Å². The second-order valence-corrected chi connectivity index (χ2v) is 22.3. The van der Waals surface area contributed by atoms with E-state index >= 15 is 13.2 Å². The van der Waals surface area contributed by atoms with Gasteiger partial charge in [-0.05, 0) is 133 Å². The van der Waals surface area contributed by atoms with Crippen LogP contribution in [-0.2, 0) is 37.9 Å². The van der Waals surface area contributed by atoms with Crippen LogP contribution in [0.15, 0.2) is 165 Å². The Morgan fingerprint density at radius 2 is 0.838 bits per heavy atom. The molecule has 0 bridgehead atoms. The van der Waals surface area contributed by atoms with Gasteiger partial charge in [0.1, 0.15) is 5.41 Å². The first kappa shape index (κ1) is 58.3. The molecule has 17 nitrogen and oxygen atoms in total. The van der Waals surface area contributed by atoms with Crippen LogP contribution in [0, 0.1) is 6.92 Å². The number of hydrogen-bond acceptors (Lipinski definition) is 12. The van der Waals surface area contributed by atoms with E-state index in [1.807, 2.05) is 0 Å². The van der Waals surface area contributed by atoms with Crippen LogP contribution in [0.25, 0.3) is 0 Å². The molecule has 7 rings (SSSR count).